The highest BCUT2D eigenvalue weighted by Crippen LogP contribution is 2.33. The van der Waals surface area contributed by atoms with Crippen LogP contribution in [0.3, 0.4) is 0 Å². The van der Waals surface area contributed by atoms with Gasteiger partial charge in [0.1, 0.15) is 17.1 Å². The van der Waals surface area contributed by atoms with Gasteiger partial charge in [0.05, 0.1) is 19.3 Å². The molecular formula is C20H27N3O4. The summed E-state index contributed by atoms with van der Waals surface area (Å²) in [5, 5.41) is 14.7. The van der Waals surface area contributed by atoms with Gasteiger partial charge >= 0.3 is 6.09 Å². The molecule has 7 heteroatoms. The van der Waals surface area contributed by atoms with Crippen molar-refractivity contribution in [3.05, 3.63) is 30.6 Å². The van der Waals surface area contributed by atoms with E-state index >= 15 is 0 Å². The number of nitrogens with zero attached hydrogens (tertiary/aromatic N) is 3. The summed E-state index contributed by atoms with van der Waals surface area (Å²) >= 11 is 0. The minimum absolute atomic E-state index is 0.161. The Hall–Kier alpha value is -2.70. The lowest BCUT2D eigenvalue weighted by Crippen LogP contribution is -2.42. The Bertz CT molecular complexity index is 802. The van der Waals surface area contributed by atoms with Crippen LogP contribution >= 0.6 is 0 Å². The fourth-order valence-corrected chi connectivity index (χ4v) is 3.20. The van der Waals surface area contributed by atoms with E-state index in [9.17, 15) is 9.90 Å². The Morgan fingerprint density at radius 1 is 1.26 bits per heavy atom. The number of piperidine rings is 1. The van der Waals surface area contributed by atoms with Crippen LogP contribution in [0.1, 0.15) is 39.7 Å². The molecule has 0 atom stereocenters. The highest BCUT2D eigenvalue weighted by atomic mass is 16.6. The average Bonchev–Trinajstić information content (AvgIpc) is 3.10. The lowest BCUT2D eigenvalue weighted by Gasteiger charge is -2.33. The number of rotatable bonds is 3. The second-order valence-electron chi connectivity index (χ2n) is 7.79. The Kier molecular flexibility index (Phi) is 5.30. The number of amides is 1. The van der Waals surface area contributed by atoms with Crippen molar-refractivity contribution in [1.29, 1.82) is 0 Å². The topological polar surface area (TPSA) is 76.8 Å². The second-order valence-corrected chi connectivity index (χ2v) is 7.79. The van der Waals surface area contributed by atoms with Crippen LogP contribution in [0.4, 0.5) is 4.79 Å². The molecular weight excluding hydrogens is 346 g/mol. The van der Waals surface area contributed by atoms with E-state index in [0.29, 0.717) is 24.4 Å². The van der Waals surface area contributed by atoms with Crippen LogP contribution in [0.5, 0.6) is 11.5 Å². The first-order valence-electron chi connectivity index (χ1n) is 9.16. The minimum Gasteiger partial charge on any atom is -0.507 e. The van der Waals surface area contributed by atoms with Gasteiger partial charge in [-0.2, -0.15) is 5.10 Å². The van der Waals surface area contributed by atoms with Gasteiger partial charge in [-0.25, -0.2) is 4.79 Å². The summed E-state index contributed by atoms with van der Waals surface area (Å²) in [7, 11) is 1.57. The quantitative estimate of drug-likeness (QED) is 0.885. The Morgan fingerprint density at radius 3 is 2.56 bits per heavy atom. The first kappa shape index (κ1) is 19.1. The molecule has 1 amide bonds. The van der Waals surface area contributed by atoms with E-state index in [1.807, 2.05) is 43.8 Å². The number of carbonyl (C=O) groups is 1. The molecule has 1 aliphatic heterocycles. The van der Waals surface area contributed by atoms with E-state index in [1.54, 1.807) is 24.3 Å². The molecule has 27 heavy (non-hydrogen) atoms. The van der Waals surface area contributed by atoms with Gasteiger partial charge < -0.3 is 19.5 Å². The lowest BCUT2D eigenvalue weighted by atomic mass is 10.1. The largest absolute Gasteiger partial charge is 0.507 e. The Morgan fingerprint density at radius 2 is 1.96 bits per heavy atom. The molecule has 1 fully saturated rings. The van der Waals surface area contributed by atoms with E-state index in [1.165, 1.54) is 0 Å². The molecule has 2 aromatic rings. The number of aromatic nitrogens is 2. The molecule has 1 aromatic heterocycles. The van der Waals surface area contributed by atoms with Gasteiger partial charge in [-0.3, -0.25) is 4.68 Å². The number of methoxy groups -OCH3 is 1. The molecule has 0 spiro atoms. The van der Waals surface area contributed by atoms with Crippen LogP contribution in [0.25, 0.3) is 11.1 Å². The van der Waals surface area contributed by atoms with Crippen molar-refractivity contribution in [3.63, 3.8) is 0 Å². The summed E-state index contributed by atoms with van der Waals surface area (Å²) in [6, 6.07) is 5.44. The van der Waals surface area contributed by atoms with Crippen molar-refractivity contribution >= 4 is 6.09 Å². The molecule has 1 N–H and O–H groups in total. The van der Waals surface area contributed by atoms with Crippen LogP contribution in [-0.4, -0.2) is 51.7 Å². The zero-order valence-electron chi connectivity index (χ0n) is 16.3. The normalized spacial score (nSPS) is 15.6. The predicted molar refractivity (Wildman–Crippen MR) is 102 cm³/mol. The first-order chi connectivity index (χ1) is 12.8. The summed E-state index contributed by atoms with van der Waals surface area (Å²) < 4.78 is 12.5. The molecule has 0 radical (unpaired) electrons. The number of likely N-dealkylation sites (tertiary alicyclic amines) is 1. The third kappa shape index (κ3) is 4.53. The fraction of sp³-hybridized carbons (Fsp3) is 0.500. The molecule has 0 aliphatic carbocycles. The van der Waals surface area contributed by atoms with E-state index in [2.05, 4.69) is 5.10 Å². The van der Waals surface area contributed by atoms with E-state index < -0.39 is 5.60 Å². The van der Waals surface area contributed by atoms with Crippen LogP contribution in [0.15, 0.2) is 30.6 Å². The number of phenolic OH excluding ortho intramolecular Hbond substituents is 1. The van der Waals surface area contributed by atoms with Gasteiger partial charge in [-0.1, -0.05) is 0 Å². The molecule has 2 heterocycles. The number of aromatic hydroxyl groups is 1. The summed E-state index contributed by atoms with van der Waals surface area (Å²) in [5.74, 6) is 0.770. The highest BCUT2D eigenvalue weighted by Gasteiger charge is 2.28. The van der Waals surface area contributed by atoms with Crippen molar-refractivity contribution in [1.82, 2.24) is 14.7 Å². The van der Waals surface area contributed by atoms with Gasteiger partial charge in [-0.15, -0.1) is 0 Å². The lowest BCUT2D eigenvalue weighted by molar-refractivity contribution is 0.0185. The molecule has 146 valence electrons. The van der Waals surface area contributed by atoms with Crippen LogP contribution in [0, 0.1) is 0 Å². The van der Waals surface area contributed by atoms with Crippen LogP contribution in [0.2, 0.25) is 0 Å². The van der Waals surface area contributed by atoms with Crippen molar-refractivity contribution in [2.45, 2.75) is 45.3 Å². The number of carbonyl (C=O) groups excluding carboxylic acids is 1. The number of phenols is 1. The van der Waals surface area contributed by atoms with Gasteiger partial charge in [0, 0.05) is 36.5 Å². The highest BCUT2D eigenvalue weighted by molar-refractivity contribution is 5.70. The van der Waals surface area contributed by atoms with E-state index in [0.717, 1.165) is 18.4 Å². The fourth-order valence-electron chi connectivity index (χ4n) is 3.20. The SMILES string of the molecule is COc1ccc(-c2cnn(C3CCN(C(=O)OC(C)(C)C)CC3)c2)c(O)c1. The summed E-state index contributed by atoms with van der Waals surface area (Å²) in [4.78, 5) is 13.9. The van der Waals surface area contributed by atoms with Crippen LogP contribution < -0.4 is 4.74 Å². The molecule has 1 saturated heterocycles. The maximum Gasteiger partial charge on any atom is 0.410 e. The summed E-state index contributed by atoms with van der Waals surface area (Å²) in [6.07, 6.45) is 5.06. The van der Waals surface area contributed by atoms with Gasteiger partial charge in [0.2, 0.25) is 0 Å². The minimum atomic E-state index is -0.481. The average molecular weight is 373 g/mol. The molecule has 3 rings (SSSR count). The number of benzene rings is 1. The van der Waals surface area contributed by atoms with Gasteiger partial charge in [-0.05, 0) is 45.7 Å². The predicted octanol–water partition coefficient (Wildman–Crippen LogP) is 3.84. The maximum absolute atomic E-state index is 12.2. The smallest absolute Gasteiger partial charge is 0.410 e. The number of ether oxygens (including phenoxy) is 2. The second kappa shape index (κ2) is 7.50. The maximum atomic E-state index is 12.2. The van der Waals surface area contributed by atoms with Crippen molar-refractivity contribution < 1.29 is 19.4 Å². The standard InChI is InChI=1S/C20H27N3O4/c1-20(2,3)27-19(25)22-9-7-15(8-10-22)23-13-14(12-21-23)17-6-5-16(26-4)11-18(17)24/h5-6,11-13,15,24H,7-10H2,1-4H3. The zero-order valence-corrected chi connectivity index (χ0v) is 16.3. The number of hydrogen-bond acceptors (Lipinski definition) is 5. The van der Waals surface area contributed by atoms with Gasteiger partial charge in [0.15, 0.2) is 0 Å². The third-order valence-corrected chi connectivity index (χ3v) is 4.61. The van der Waals surface area contributed by atoms with Crippen molar-refractivity contribution in [3.8, 4) is 22.6 Å². The first-order valence-corrected chi connectivity index (χ1v) is 9.16. The molecule has 0 unspecified atom stereocenters. The summed E-state index contributed by atoms with van der Waals surface area (Å²) in [5.41, 5.74) is 1.09. The molecule has 7 nitrogen and oxygen atoms in total. The third-order valence-electron chi connectivity index (χ3n) is 4.61. The van der Waals surface area contributed by atoms with Crippen molar-refractivity contribution in [2.75, 3.05) is 20.2 Å². The Balaban J connectivity index is 1.64. The molecule has 1 aromatic carbocycles. The summed E-state index contributed by atoms with van der Waals surface area (Å²) in [6.45, 7) is 6.90. The Labute approximate surface area is 159 Å². The van der Waals surface area contributed by atoms with Gasteiger partial charge in [0.25, 0.3) is 0 Å². The van der Waals surface area contributed by atoms with Crippen molar-refractivity contribution in [2.24, 2.45) is 0 Å². The van der Waals surface area contributed by atoms with E-state index in [4.69, 9.17) is 9.47 Å². The number of hydrogen-bond donors (Lipinski definition) is 1. The van der Waals surface area contributed by atoms with E-state index in [-0.39, 0.29) is 17.9 Å². The van der Waals surface area contributed by atoms with Crippen LogP contribution in [-0.2, 0) is 4.74 Å². The monoisotopic (exact) mass is 373 g/mol. The molecule has 0 bridgehead atoms. The zero-order chi connectivity index (χ0) is 19.6. The molecule has 0 saturated carbocycles. The molecule has 1 aliphatic rings.